The van der Waals surface area contributed by atoms with Crippen LogP contribution in [-0.4, -0.2) is 25.9 Å². The minimum absolute atomic E-state index is 0.0231. The molecule has 0 saturated carbocycles. The number of nitrogens with one attached hydrogen (secondary N) is 2. The predicted molar refractivity (Wildman–Crippen MR) is 144 cm³/mol. The summed E-state index contributed by atoms with van der Waals surface area (Å²) in [5.74, 6) is -0.679. The average Bonchev–Trinajstić information content (AvgIpc) is 2.93. The van der Waals surface area contributed by atoms with Crippen LogP contribution in [0.5, 0.6) is 11.5 Å². The number of halogens is 1. The van der Waals surface area contributed by atoms with Gasteiger partial charge in [0, 0.05) is 40.6 Å². The number of ether oxygens (including phenoxy) is 2. The Labute approximate surface area is 221 Å². The van der Waals surface area contributed by atoms with Gasteiger partial charge in [0.2, 0.25) is 0 Å². The van der Waals surface area contributed by atoms with Gasteiger partial charge >= 0.3 is 0 Å². The van der Waals surface area contributed by atoms with Crippen LogP contribution in [0.15, 0.2) is 95.3 Å². The number of para-hydroxylation sites is 1. The molecule has 1 amide bonds. The normalized spacial score (nSPS) is 19.0. The number of carbonyl (C=O) groups is 2. The molecule has 0 fully saturated rings. The molecule has 3 aromatic rings. The van der Waals surface area contributed by atoms with Crippen LogP contribution in [0, 0.1) is 5.82 Å². The van der Waals surface area contributed by atoms with E-state index in [1.165, 1.54) is 12.1 Å². The van der Waals surface area contributed by atoms with Crippen molar-refractivity contribution >= 4 is 17.4 Å². The Balaban J connectivity index is 1.62. The van der Waals surface area contributed by atoms with Gasteiger partial charge in [-0.2, -0.15) is 0 Å². The molecule has 194 valence electrons. The quantitative estimate of drug-likeness (QED) is 0.434. The molecule has 2 atom stereocenters. The molecule has 6 nitrogen and oxygen atoms in total. The Bertz CT molecular complexity index is 1460. The second-order valence-corrected chi connectivity index (χ2v) is 9.47. The highest BCUT2D eigenvalue weighted by molar-refractivity contribution is 6.10. The summed E-state index contributed by atoms with van der Waals surface area (Å²) in [6, 6.07) is 21.3. The van der Waals surface area contributed by atoms with Crippen molar-refractivity contribution in [2.45, 2.75) is 31.6 Å². The maximum atomic E-state index is 14.4. The number of dihydropyridines is 1. The topological polar surface area (TPSA) is 76.7 Å². The van der Waals surface area contributed by atoms with Gasteiger partial charge in [-0.05, 0) is 43.0 Å². The second-order valence-electron chi connectivity index (χ2n) is 9.47. The summed E-state index contributed by atoms with van der Waals surface area (Å²) in [7, 11) is 3.10. The Morgan fingerprint density at radius 1 is 0.974 bits per heavy atom. The highest BCUT2D eigenvalue weighted by Gasteiger charge is 2.42. The lowest BCUT2D eigenvalue weighted by atomic mass is 9.71. The second kappa shape index (κ2) is 10.5. The lowest BCUT2D eigenvalue weighted by Gasteiger charge is -2.37. The number of benzene rings is 3. The predicted octanol–water partition coefficient (Wildman–Crippen LogP) is 5.84. The van der Waals surface area contributed by atoms with E-state index in [1.807, 2.05) is 36.4 Å². The number of allylic oxidation sites excluding steroid dienone is 3. The van der Waals surface area contributed by atoms with E-state index in [-0.39, 0.29) is 17.4 Å². The van der Waals surface area contributed by atoms with Gasteiger partial charge in [-0.3, -0.25) is 9.59 Å². The highest BCUT2D eigenvalue weighted by Crippen LogP contribution is 2.48. The van der Waals surface area contributed by atoms with Gasteiger partial charge in [-0.25, -0.2) is 4.39 Å². The monoisotopic (exact) mass is 512 g/mol. The van der Waals surface area contributed by atoms with Gasteiger partial charge in [0.1, 0.15) is 17.3 Å². The summed E-state index contributed by atoms with van der Waals surface area (Å²) in [5, 5.41) is 6.06. The van der Waals surface area contributed by atoms with Crippen molar-refractivity contribution in [2.75, 3.05) is 19.5 Å². The van der Waals surface area contributed by atoms with E-state index in [2.05, 4.69) is 10.6 Å². The van der Waals surface area contributed by atoms with Crippen molar-refractivity contribution < 1.29 is 23.5 Å². The molecular weight excluding hydrogens is 483 g/mol. The van der Waals surface area contributed by atoms with Crippen molar-refractivity contribution in [3.63, 3.8) is 0 Å². The number of rotatable bonds is 6. The third kappa shape index (κ3) is 4.67. The number of Topliss-reactive ketones (excluding diaryl/α,β-unsaturated/α-hetero) is 1. The van der Waals surface area contributed by atoms with Crippen molar-refractivity contribution in [1.82, 2.24) is 5.32 Å². The van der Waals surface area contributed by atoms with E-state index in [4.69, 9.17) is 9.47 Å². The molecule has 38 heavy (non-hydrogen) atoms. The summed E-state index contributed by atoms with van der Waals surface area (Å²) in [6.45, 7) is 1.81. The Morgan fingerprint density at radius 2 is 1.71 bits per heavy atom. The molecule has 5 rings (SSSR count). The molecule has 3 aromatic carbocycles. The van der Waals surface area contributed by atoms with E-state index < -0.39 is 17.6 Å². The van der Waals surface area contributed by atoms with Gasteiger partial charge in [0.25, 0.3) is 5.91 Å². The fraction of sp³-hybridized carbons (Fsp3) is 0.226. The first-order valence-electron chi connectivity index (χ1n) is 12.5. The van der Waals surface area contributed by atoms with Crippen LogP contribution < -0.4 is 20.1 Å². The molecule has 1 heterocycles. The summed E-state index contributed by atoms with van der Waals surface area (Å²) < 4.78 is 25.5. The molecule has 1 aliphatic heterocycles. The van der Waals surface area contributed by atoms with Gasteiger partial charge in [0.05, 0.1) is 25.8 Å². The third-order valence-electron chi connectivity index (χ3n) is 7.22. The largest absolute Gasteiger partial charge is 0.497 e. The Morgan fingerprint density at radius 3 is 2.42 bits per heavy atom. The number of hydrogen-bond acceptors (Lipinski definition) is 5. The lowest BCUT2D eigenvalue weighted by molar-refractivity contribution is -0.116. The number of hydrogen-bond donors (Lipinski definition) is 2. The molecule has 0 aromatic heterocycles. The maximum Gasteiger partial charge on any atom is 0.254 e. The van der Waals surface area contributed by atoms with E-state index in [1.54, 1.807) is 45.4 Å². The minimum Gasteiger partial charge on any atom is -0.497 e. The van der Waals surface area contributed by atoms with Crippen LogP contribution in [0.1, 0.15) is 42.7 Å². The van der Waals surface area contributed by atoms with Gasteiger partial charge in [-0.15, -0.1) is 0 Å². The number of carbonyl (C=O) groups excluding carboxylic acids is 2. The molecule has 0 bridgehead atoms. The summed E-state index contributed by atoms with van der Waals surface area (Å²) in [6.07, 6.45) is 0.945. The number of anilines is 1. The van der Waals surface area contributed by atoms with Crippen molar-refractivity contribution in [1.29, 1.82) is 0 Å². The molecule has 1 aliphatic carbocycles. The zero-order chi connectivity index (χ0) is 26.8. The van der Waals surface area contributed by atoms with Crippen LogP contribution in [0.4, 0.5) is 10.1 Å². The smallest absolute Gasteiger partial charge is 0.254 e. The zero-order valence-corrected chi connectivity index (χ0v) is 21.5. The maximum absolute atomic E-state index is 14.4. The zero-order valence-electron chi connectivity index (χ0n) is 21.5. The molecule has 0 spiro atoms. The minimum atomic E-state index is -0.705. The number of ketones is 1. The SMILES string of the molecule is COc1ccc([C@@H]2C(C(=O)Nc3ccccc3F)=C(C)NC3=C2C(=O)C[C@@H](c2ccccc2)C3)c(OC)c1. The van der Waals surface area contributed by atoms with E-state index in [0.29, 0.717) is 46.7 Å². The van der Waals surface area contributed by atoms with Crippen molar-refractivity contribution in [2.24, 2.45) is 0 Å². The van der Waals surface area contributed by atoms with E-state index in [0.717, 1.165) is 11.3 Å². The van der Waals surface area contributed by atoms with Crippen LogP contribution in [0.3, 0.4) is 0 Å². The fourth-order valence-electron chi connectivity index (χ4n) is 5.42. The molecule has 2 N–H and O–H groups in total. The molecule has 2 aliphatic rings. The molecule has 0 unspecified atom stereocenters. The van der Waals surface area contributed by atoms with Crippen molar-refractivity contribution in [3.05, 3.63) is 112 Å². The number of amides is 1. The summed E-state index contributed by atoms with van der Waals surface area (Å²) >= 11 is 0. The molecular formula is C31H29FN2O4. The first kappa shape index (κ1) is 25.3. The summed E-state index contributed by atoms with van der Waals surface area (Å²) in [5.41, 5.74) is 4.08. The molecule has 7 heteroatoms. The van der Waals surface area contributed by atoms with Crippen LogP contribution >= 0.6 is 0 Å². The van der Waals surface area contributed by atoms with E-state index in [9.17, 15) is 14.0 Å². The standard InChI is InChI=1S/C31H29FN2O4/c1-18-28(31(36)34-24-12-8-7-11-23(24)32)29(22-14-13-21(37-2)17-27(22)38-3)30-25(33-18)15-20(16-26(30)35)19-9-5-4-6-10-19/h4-14,17,20,29,33H,15-16H2,1-3H3,(H,34,36)/t20-,29+/m0/s1. The molecule has 0 radical (unpaired) electrons. The fourth-order valence-corrected chi connectivity index (χ4v) is 5.42. The first-order valence-corrected chi connectivity index (χ1v) is 12.5. The lowest BCUT2D eigenvalue weighted by Crippen LogP contribution is -2.37. The van der Waals surface area contributed by atoms with Crippen LogP contribution in [-0.2, 0) is 9.59 Å². The van der Waals surface area contributed by atoms with Crippen LogP contribution in [0.25, 0.3) is 0 Å². The Hall–Kier alpha value is -4.39. The first-order chi connectivity index (χ1) is 18.4. The van der Waals surface area contributed by atoms with E-state index >= 15 is 0 Å². The highest BCUT2D eigenvalue weighted by atomic mass is 19.1. The van der Waals surface area contributed by atoms with Crippen molar-refractivity contribution in [3.8, 4) is 11.5 Å². The van der Waals surface area contributed by atoms with Crippen LogP contribution in [0.2, 0.25) is 0 Å². The van der Waals surface area contributed by atoms with Gasteiger partial charge in [-0.1, -0.05) is 48.5 Å². The Kier molecular flexibility index (Phi) is 7.01. The van der Waals surface area contributed by atoms with Gasteiger partial charge in [0.15, 0.2) is 5.78 Å². The summed E-state index contributed by atoms with van der Waals surface area (Å²) in [4.78, 5) is 27.6. The third-order valence-corrected chi connectivity index (χ3v) is 7.22. The number of methoxy groups -OCH3 is 2. The average molecular weight is 513 g/mol. The van der Waals surface area contributed by atoms with Gasteiger partial charge < -0.3 is 20.1 Å². The molecule has 0 saturated heterocycles.